The molecule has 0 radical (unpaired) electrons. The minimum absolute atomic E-state index is 0.211. The van der Waals surface area contributed by atoms with Crippen LogP contribution in [-0.4, -0.2) is 11.1 Å². The number of carbonyl (C=O) groups is 1. The Kier molecular flexibility index (Phi) is 7.17. The zero-order valence-electron chi connectivity index (χ0n) is 9.49. The van der Waals surface area contributed by atoms with Gasteiger partial charge < -0.3 is 5.11 Å². The second-order valence-corrected chi connectivity index (χ2v) is 4.04. The van der Waals surface area contributed by atoms with E-state index in [0.717, 1.165) is 6.42 Å². The van der Waals surface area contributed by atoms with Crippen molar-refractivity contribution in [1.29, 1.82) is 0 Å². The van der Waals surface area contributed by atoms with Crippen molar-refractivity contribution in [2.24, 2.45) is 11.8 Å². The normalized spacial score (nSPS) is 13.7. The predicted molar refractivity (Wildman–Crippen MR) is 59.2 cm³/mol. The first kappa shape index (κ1) is 13.2. The molecule has 0 saturated carbocycles. The third-order valence-corrected chi connectivity index (χ3v) is 2.40. The highest BCUT2D eigenvalue weighted by molar-refractivity contribution is 5.70. The molecule has 82 valence electrons. The van der Waals surface area contributed by atoms with Crippen molar-refractivity contribution < 1.29 is 9.90 Å². The molecule has 2 heteroatoms. The Hall–Kier alpha value is -0.790. The lowest BCUT2D eigenvalue weighted by Gasteiger charge is -2.13. The molecule has 0 aromatic heterocycles. The number of rotatable bonds is 7. The highest BCUT2D eigenvalue weighted by Crippen LogP contribution is 2.16. The SMILES string of the molecule is CCCC/C=C/CC(C(=O)O)C(C)C. The molecule has 0 rings (SSSR count). The van der Waals surface area contributed by atoms with Gasteiger partial charge in [0.25, 0.3) is 0 Å². The van der Waals surface area contributed by atoms with Crippen molar-refractivity contribution in [1.82, 2.24) is 0 Å². The van der Waals surface area contributed by atoms with E-state index < -0.39 is 5.97 Å². The largest absolute Gasteiger partial charge is 0.481 e. The summed E-state index contributed by atoms with van der Waals surface area (Å²) in [6.07, 6.45) is 8.22. The van der Waals surface area contributed by atoms with Crippen molar-refractivity contribution in [2.45, 2.75) is 46.5 Å². The molecule has 0 saturated heterocycles. The lowest BCUT2D eigenvalue weighted by Crippen LogP contribution is -2.18. The molecule has 0 aliphatic heterocycles. The molecule has 1 N–H and O–H groups in total. The van der Waals surface area contributed by atoms with Crippen LogP contribution in [-0.2, 0) is 4.79 Å². The maximum atomic E-state index is 10.8. The topological polar surface area (TPSA) is 37.3 Å². The third kappa shape index (κ3) is 5.79. The Morgan fingerprint density at radius 1 is 1.36 bits per heavy atom. The van der Waals surface area contributed by atoms with Crippen molar-refractivity contribution in [3.63, 3.8) is 0 Å². The number of unbranched alkanes of at least 4 members (excludes halogenated alkanes) is 2. The fraction of sp³-hybridized carbons (Fsp3) is 0.750. The van der Waals surface area contributed by atoms with E-state index in [0.29, 0.717) is 6.42 Å². The minimum Gasteiger partial charge on any atom is -0.481 e. The lowest BCUT2D eigenvalue weighted by molar-refractivity contribution is -0.143. The van der Waals surface area contributed by atoms with Crippen LogP contribution in [0.25, 0.3) is 0 Å². The fourth-order valence-electron chi connectivity index (χ4n) is 1.34. The quantitative estimate of drug-likeness (QED) is 0.502. The zero-order valence-corrected chi connectivity index (χ0v) is 9.49. The van der Waals surface area contributed by atoms with Gasteiger partial charge in [0.2, 0.25) is 0 Å². The summed E-state index contributed by atoms with van der Waals surface area (Å²) in [5, 5.41) is 8.91. The molecule has 0 aliphatic carbocycles. The molecule has 0 aromatic carbocycles. The van der Waals surface area contributed by atoms with E-state index in [2.05, 4.69) is 13.0 Å². The van der Waals surface area contributed by atoms with Gasteiger partial charge in [-0.05, 0) is 18.8 Å². The highest BCUT2D eigenvalue weighted by atomic mass is 16.4. The number of hydrogen-bond acceptors (Lipinski definition) is 1. The fourth-order valence-corrected chi connectivity index (χ4v) is 1.34. The van der Waals surface area contributed by atoms with Gasteiger partial charge in [0.1, 0.15) is 0 Å². The molecule has 0 heterocycles. The van der Waals surface area contributed by atoms with Crippen LogP contribution in [0.5, 0.6) is 0 Å². The van der Waals surface area contributed by atoms with Crippen LogP contribution in [0.2, 0.25) is 0 Å². The summed E-state index contributed by atoms with van der Waals surface area (Å²) < 4.78 is 0. The standard InChI is InChI=1S/C12H22O2/c1-4-5-6-7-8-9-11(10(2)3)12(13)14/h7-8,10-11H,4-6,9H2,1-3H3,(H,13,14)/b8-7+. The van der Waals surface area contributed by atoms with Crippen LogP contribution >= 0.6 is 0 Å². The highest BCUT2D eigenvalue weighted by Gasteiger charge is 2.19. The zero-order chi connectivity index (χ0) is 11.0. The summed E-state index contributed by atoms with van der Waals surface area (Å²) in [7, 11) is 0. The number of carboxylic acid groups (broad SMARTS) is 1. The molecule has 2 nitrogen and oxygen atoms in total. The van der Waals surface area contributed by atoms with Crippen LogP contribution in [0.4, 0.5) is 0 Å². The van der Waals surface area contributed by atoms with E-state index in [4.69, 9.17) is 5.11 Å². The first-order valence-corrected chi connectivity index (χ1v) is 5.47. The molecule has 0 fully saturated rings. The smallest absolute Gasteiger partial charge is 0.307 e. The van der Waals surface area contributed by atoms with Gasteiger partial charge in [-0.1, -0.05) is 45.8 Å². The molecule has 14 heavy (non-hydrogen) atoms. The predicted octanol–water partition coefficient (Wildman–Crippen LogP) is 3.48. The Bertz CT molecular complexity index is 183. The van der Waals surface area contributed by atoms with Crippen molar-refractivity contribution in [3.05, 3.63) is 12.2 Å². The van der Waals surface area contributed by atoms with Crippen LogP contribution in [0.1, 0.15) is 46.5 Å². The van der Waals surface area contributed by atoms with Crippen LogP contribution < -0.4 is 0 Å². The monoisotopic (exact) mass is 198 g/mol. The first-order chi connectivity index (χ1) is 6.59. The van der Waals surface area contributed by atoms with Gasteiger partial charge >= 0.3 is 5.97 Å². The minimum atomic E-state index is -0.680. The van der Waals surface area contributed by atoms with Gasteiger partial charge in [-0.2, -0.15) is 0 Å². The average molecular weight is 198 g/mol. The Balaban J connectivity index is 3.82. The molecule has 1 unspecified atom stereocenters. The molecule has 0 aromatic rings. The van der Waals surface area contributed by atoms with Gasteiger partial charge in [-0.15, -0.1) is 0 Å². The van der Waals surface area contributed by atoms with E-state index in [1.54, 1.807) is 0 Å². The van der Waals surface area contributed by atoms with Gasteiger partial charge in [-0.25, -0.2) is 0 Å². The van der Waals surface area contributed by atoms with E-state index in [-0.39, 0.29) is 11.8 Å². The van der Waals surface area contributed by atoms with Crippen LogP contribution in [0.15, 0.2) is 12.2 Å². The molecular weight excluding hydrogens is 176 g/mol. The maximum Gasteiger partial charge on any atom is 0.307 e. The van der Waals surface area contributed by atoms with E-state index in [1.807, 2.05) is 19.9 Å². The lowest BCUT2D eigenvalue weighted by atomic mass is 9.92. The summed E-state index contributed by atoms with van der Waals surface area (Å²) in [5.41, 5.74) is 0. The van der Waals surface area contributed by atoms with E-state index in [9.17, 15) is 4.79 Å². The van der Waals surface area contributed by atoms with Gasteiger partial charge in [0.05, 0.1) is 5.92 Å². The Morgan fingerprint density at radius 2 is 2.00 bits per heavy atom. The van der Waals surface area contributed by atoms with Crippen molar-refractivity contribution in [2.75, 3.05) is 0 Å². The number of allylic oxidation sites excluding steroid dienone is 2. The number of carboxylic acids is 1. The first-order valence-electron chi connectivity index (χ1n) is 5.47. The van der Waals surface area contributed by atoms with Gasteiger partial charge in [0.15, 0.2) is 0 Å². The maximum absolute atomic E-state index is 10.8. The van der Waals surface area contributed by atoms with Crippen molar-refractivity contribution >= 4 is 5.97 Å². The van der Waals surface area contributed by atoms with Crippen LogP contribution in [0.3, 0.4) is 0 Å². The second-order valence-electron chi connectivity index (χ2n) is 4.04. The average Bonchev–Trinajstić information content (AvgIpc) is 2.09. The third-order valence-electron chi connectivity index (χ3n) is 2.40. The summed E-state index contributed by atoms with van der Waals surface area (Å²) in [6.45, 7) is 6.07. The summed E-state index contributed by atoms with van der Waals surface area (Å²) in [4.78, 5) is 10.8. The Morgan fingerprint density at radius 3 is 2.43 bits per heavy atom. The molecular formula is C12H22O2. The molecule has 1 atom stereocenters. The van der Waals surface area contributed by atoms with E-state index >= 15 is 0 Å². The molecule has 0 bridgehead atoms. The number of hydrogen-bond donors (Lipinski definition) is 1. The number of aliphatic carboxylic acids is 1. The van der Waals surface area contributed by atoms with Gasteiger partial charge in [0, 0.05) is 0 Å². The van der Waals surface area contributed by atoms with E-state index in [1.165, 1.54) is 12.8 Å². The van der Waals surface area contributed by atoms with Crippen molar-refractivity contribution in [3.8, 4) is 0 Å². The summed E-state index contributed by atoms with van der Waals surface area (Å²) in [6, 6.07) is 0. The summed E-state index contributed by atoms with van der Waals surface area (Å²) >= 11 is 0. The molecule has 0 amide bonds. The van der Waals surface area contributed by atoms with Crippen LogP contribution in [0, 0.1) is 11.8 Å². The summed E-state index contributed by atoms with van der Waals surface area (Å²) in [5.74, 6) is -0.698. The Labute approximate surface area is 87.0 Å². The van der Waals surface area contributed by atoms with Gasteiger partial charge in [-0.3, -0.25) is 4.79 Å². The molecule has 0 aliphatic rings. The second kappa shape index (κ2) is 7.60. The molecule has 0 spiro atoms.